The molecule has 0 radical (unpaired) electrons. The van der Waals surface area contributed by atoms with Crippen LogP contribution in [0.25, 0.3) is 0 Å². The molecule has 0 saturated heterocycles. The van der Waals surface area contributed by atoms with Crippen molar-refractivity contribution in [2.24, 2.45) is 0 Å². The van der Waals surface area contributed by atoms with E-state index in [2.05, 4.69) is 15.6 Å². The third kappa shape index (κ3) is 3.53. The number of nitrogens with zero attached hydrogens (tertiary/aromatic N) is 3. The van der Waals surface area contributed by atoms with E-state index in [0.717, 1.165) is 6.42 Å². The summed E-state index contributed by atoms with van der Waals surface area (Å²) in [6, 6.07) is -0.306. The smallest absolute Gasteiger partial charge is 0.244 e. The van der Waals surface area contributed by atoms with Gasteiger partial charge in [-0.15, -0.1) is 5.10 Å². The van der Waals surface area contributed by atoms with E-state index >= 15 is 0 Å². The van der Waals surface area contributed by atoms with Crippen molar-refractivity contribution in [3.63, 3.8) is 0 Å². The van der Waals surface area contributed by atoms with Gasteiger partial charge in [0, 0.05) is 6.04 Å². The summed E-state index contributed by atoms with van der Waals surface area (Å²) in [6.07, 6.45) is 2.48. The molecule has 0 aliphatic carbocycles. The average molecular weight is 254 g/mol. The van der Waals surface area contributed by atoms with Gasteiger partial charge in [-0.1, -0.05) is 12.1 Å². The fourth-order valence-corrected chi connectivity index (χ4v) is 1.33. The highest BCUT2D eigenvalue weighted by Gasteiger charge is 2.23. The third-order valence-corrected chi connectivity index (χ3v) is 2.91. The average Bonchev–Trinajstić information content (AvgIpc) is 2.76. The minimum atomic E-state index is -1.05. The molecule has 0 saturated carbocycles. The minimum Gasteiger partial charge on any atom is -0.384 e. The first-order valence-electron chi connectivity index (χ1n) is 6.20. The van der Waals surface area contributed by atoms with Gasteiger partial charge in [0.05, 0.1) is 6.20 Å². The fourth-order valence-electron chi connectivity index (χ4n) is 1.33. The van der Waals surface area contributed by atoms with E-state index in [-0.39, 0.29) is 11.9 Å². The molecule has 2 atom stereocenters. The Balaban J connectivity index is 2.75. The molecular formula is C12H22N4O2. The van der Waals surface area contributed by atoms with Crippen LogP contribution >= 0.6 is 0 Å². The number of amides is 1. The van der Waals surface area contributed by atoms with Crippen molar-refractivity contribution in [2.75, 3.05) is 0 Å². The Kier molecular flexibility index (Phi) is 4.45. The first-order chi connectivity index (χ1) is 8.25. The highest BCUT2D eigenvalue weighted by molar-refractivity contribution is 5.79. The molecule has 0 bridgehead atoms. The Hall–Kier alpha value is -1.43. The molecule has 1 rings (SSSR count). The van der Waals surface area contributed by atoms with Crippen molar-refractivity contribution >= 4 is 5.91 Å². The molecular weight excluding hydrogens is 232 g/mol. The molecule has 2 unspecified atom stereocenters. The van der Waals surface area contributed by atoms with Gasteiger partial charge in [-0.2, -0.15) is 0 Å². The number of rotatable bonds is 5. The molecule has 1 aromatic rings. The summed E-state index contributed by atoms with van der Waals surface area (Å²) >= 11 is 0. The predicted octanol–water partition coefficient (Wildman–Crippen LogP) is 0.981. The summed E-state index contributed by atoms with van der Waals surface area (Å²) in [5, 5.41) is 20.4. The van der Waals surface area contributed by atoms with Crippen LogP contribution in [0.15, 0.2) is 6.20 Å². The Morgan fingerprint density at radius 1 is 1.56 bits per heavy atom. The molecule has 6 nitrogen and oxygen atoms in total. The molecule has 6 heteroatoms. The van der Waals surface area contributed by atoms with Crippen LogP contribution in [0, 0.1) is 0 Å². The van der Waals surface area contributed by atoms with Crippen molar-refractivity contribution < 1.29 is 9.90 Å². The van der Waals surface area contributed by atoms with Gasteiger partial charge >= 0.3 is 0 Å². The summed E-state index contributed by atoms with van der Waals surface area (Å²) < 4.78 is 1.46. The molecule has 0 spiro atoms. The van der Waals surface area contributed by atoms with E-state index in [1.54, 1.807) is 27.0 Å². The highest BCUT2D eigenvalue weighted by Crippen LogP contribution is 2.17. The largest absolute Gasteiger partial charge is 0.384 e. The van der Waals surface area contributed by atoms with Gasteiger partial charge in [-0.3, -0.25) is 4.79 Å². The van der Waals surface area contributed by atoms with Gasteiger partial charge in [0.2, 0.25) is 5.91 Å². The van der Waals surface area contributed by atoms with Gasteiger partial charge < -0.3 is 10.4 Å². The minimum absolute atomic E-state index is 0.100. The Morgan fingerprint density at radius 2 is 2.17 bits per heavy atom. The maximum absolute atomic E-state index is 11.9. The number of carbonyl (C=O) groups excluding carboxylic acids is 1. The summed E-state index contributed by atoms with van der Waals surface area (Å²) in [5.74, 6) is -0.100. The van der Waals surface area contributed by atoms with Crippen LogP contribution in [0.1, 0.15) is 52.8 Å². The van der Waals surface area contributed by atoms with E-state index in [4.69, 9.17) is 0 Å². The van der Waals surface area contributed by atoms with Crippen molar-refractivity contribution in [1.82, 2.24) is 20.3 Å². The summed E-state index contributed by atoms with van der Waals surface area (Å²) in [6.45, 7) is 8.97. The normalized spacial score (nSPS) is 15.2. The van der Waals surface area contributed by atoms with Crippen LogP contribution in [0.2, 0.25) is 0 Å². The maximum Gasteiger partial charge on any atom is 0.244 e. The fraction of sp³-hybridized carbons (Fsp3) is 0.750. The number of aromatic nitrogens is 3. The Labute approximate surface area is 107 Å². The SMILES string of the molecule is CCC(C)NC(=O)C(C)n1cc(C(C)(C)O)nn1. The van der Waals surface area contributed by atoms with Gasteiger partial charge in [0.25, 0.3) is 0 Å². The van der Waals surface area contributed by atoms with Crippen molar-refractivity contribution in [3.8, 4) is 0 Å². The van der Waals surface area contributed by atoms with Crippen LogP contribution in [-0.2, 0) is 10.4 Å². The molecule has 0 aromatic carbocycles. The zero-order valence-corrected chi connectivity index (χ0v) is 11.6. The van der Waals surface area contributed by atoms with Crippen molar-refractivity contribution in [3.05, 3.63) is 11.9 Å². The van der Waals surface area contributed by atoms with Gasteiger partial charge in [0.15, 0.2) is 0 Å². The van der Waals surface area contributed by atoms with E-state index in [9.17, 15) is 9.90 Å². The zero-order valence-electron chi connectivity index (χ0n) is 11.6. The molecule has 0 aliphatic rings. The van der Waals surface area contributed by atoms with Crippen LogP contribution in [0.5, 0.6) is 0 Å². The number of hydrogen-bond acceptors (Lipinski definition) is 4. The monoisotopic (exact) mass is 254 g/mol. The quantitative estimate of drug-likeness (QED) is 0.821. The van der Waals surface area contributed by atoms with Gasteiger partial charge in [0.1, 0.15) is 17.3 Å². The van der Waals surface area contributed by atoms with E-state index in [0.29, 0.717) is 5.69 Å². The van der Waals surface area contributed by atoms with Crippen LogP contribution in [-0.4, -0.2) is 32.0 Å². The third-order valence-electron chi connectivity index (χ3n) is 2.91. The Bertz CT molecular complexity index is 408. The molecule has 1 amide bonds. The van der Waals surface area contributed by atoms with Crippen LogP contribution in [0.4, 0.5) is 0 Å². The first kappa shape index (κ1) is 14.6. The number of hydrogen-bond donors (Lipinski definition) is 2. The van der Waals surface area contributed by atoms with Gasteiger partial charge in [-0.05, 0) is 34.1 Å². The molecule has 1 aromatic heterocycles. The van der Waals surface area contributed by atoms with E-state index < -0.39 is 11.6 Å². The highest BCUT2D eigenvalue weighted by atomic mass is 16.3. The number of aliphatic hydroxyl groups is 1. The van der Waals surface area contributed by atoms with Crippen molar-refractivity contribution in [2.45, 2.75) is 58.7 Å². The summed E-state index contributed by atoms with van der Waals surface area (Å²) in [7, 11) is 0. The van der Waals surface area contributed by atoms with E-state index in [1.165, 1.54) is 4.68 Å². The molecule has 0 aliphatic heterocycles. The van der Waals surface area contributed by atoms with Crippen molar-refractivity contribution in [1.29, 1.82) is 0 Å². The second-order valence-corrected chi connectivity index (χ2v) is 5.14. The summed E-state index contributed by atoms with van der Waals surface area (Å²) in [5.41, 5.74) is -0.601. The molecule has 102 valence electrons. The molecule has 18 heavy (non-hydrogen) atoms. The lowest BCUT2D eigenvalue weighted by molar-refractivity contribution is -0.124. The summed E-state index contributed by atoms with van der Waals surface area (Å²) in [4.78, 5) is 11.9. The maximum atomic E-state index is 11.9. The van der Waals surface area contributed by atoms with Crippen LogP contribution < -0.4 is 5.32 Å². The van der Waals surface area contributed by atoms with Gasteiger partial charge in [-0.25, -0.2) is 4.68 Å². The number of carbonyl (C=O) groups is 1. The predicted molar refractivity (Wildman–Crippen MR) is 67.9 cm³/mol. The second kappa shape index (κ2) is 5.48. The lowest BCUT2D eigenvalue weighted by Crippen LogP contribution is -2.37. The molecule has 2 N–H and O–H groups in total. The number of nitrogens with one attached hydrogen (secondary N) is 1. The topological polar surface area (TPSA) is 80.0 Å². The zero-order chi connectivity index (χ0) is 13.9. The molecule has 0 fully saturated rings. The first-order valence-corrected chi connectivity index (χ1v) is 6.20. The molecule has 1 heterocycles. The van der Waals surface area contributed by atoms with E-state index in [1.807, 2.05) is 13.8 Å². The Morgan fingerprint density at radius 3 is 2.61 bits per heavy atom. The lowest BCUT2D eigenvalue weighted by Gasteiger charge is -2.16. The standard InChI is InChI=1S/C12H22N4O2/c1-6-8(2)13-11(17)9(3)16-7-10(14-15-16)12(4,5)18/h7-9,18H,6H2,1-5H3,(H,13,17). The second-order valence-electron chi connectivity index (χ2n) is 5.14. The van der Waals surface area contributed by atoms with Crippen LogP contribution in [0.3, 0.4) is 0 Å². The lowest BCUT2D eigenvalue weighted by atomic mass is 10.1.